The molecule has 0 aliphatic carbocycles. The Hall–Kier alpha value is -2.50. The summed E-state index contributed by atoms with van der Waals surface area (Å²) in [5, 5.41) is 0. The number of carbonyl (C=O) groups excluding carboxylic acids is 1. The van der Waals surface area contributed by atoms with Gasteiger partial charge in [0.1, 0.15) is 11.4 Å². The number of aromatic amines is 2. The maximum Gasteiger partial charge on any atom is 0.323 e. The Kier molecular flexibility index (Phi) is 3.75. The fourth-order valence-corrected chi connectivity index (χ4v) is 2.87. The zero-order chi connectivity index (χ0) is 15.7. The molecule has 0 atom stereocenters. The number of aryl methyl sites for hydroxylation is 2. The third kappa shape index (κ3) is 2.52. The molecule has 0 spiro atoms. The minimum absolute atomic E-state index is 0.188. The second kappa shape index (κ2) is 5.71. The number of methoxy groups -OCH3 is 1. The van der Waals surface area contributed by atoms with Gasteiger partial charge in [0.2, 0.25) is 0 Å². The molecule has 2 heterocycles. The smallest absolute Gasteiger partial charge is 0.323 e. The second-order valence-electron chi connectivity index (χ2n) is 5.49. The van der Waals surface area contributed by atoms with E-state index in [1.807, 2.05) is 18.2 Å². The van der Waals surface area contributed by atoms with Gasteiger partial charge in [-0.25, -0.2) is 4.79 Å². The van der Waals surface area contributed by atoms with E-state index in [2.05, 4.69) is 9.97 Å². The number of hydrogen-bond acceptors (Lipinski definition) is 3. The molecule has 1 aliphatic heterocycles. The Morgan fingerprint density at radius 3 is 2.77 bits per heavy atom. The van der Waals surface area contributed by atoms with E-state index >= 15 is 0 Å². The topological polar surface area (TPSA) is 78.2 Å². The van der Waals surface area contributed by atoms with Crippen LogP contribution in [-0.2, 0) is 6.42 Å². The lowest BCUT2D eigenvalue weighted by atomic mass is 10.1. The van der Waals surface area contributed by atoms with Gasteiger partial charge in [0.25, 0.3) is 5.91 Å². The summed E-state index contributed by atoms with van der Waals surface area (Å²) in [6.07, 6.45) is 2.90. The molecule has 1 amide bonds. The summed E-state index contributed by atoms with van der Waals surface area (Å²) >= 11 is 0. The SMILES string of the molecule is COc1ccc2c(c1)N(C(=O)c1[nH]c(=O)[nH]c1C)CCCC2. The van der Waals surface area contributed by atoms with E-state index in [0.717, 1.165) is 36.3 Å². The van der Waals surface area contributed by atoms with Crippen LogP contribution in [-0.4, -0.2) is 29.5 Å². The van der Waals surface area contributed by atoms with Crippen LogP contribution in [0.1, 0.15) is 34.6 Å². The summed E-state index contributed by atoms with van der Waals surface area (Å²) in [5.74, 6) is 0.532. The summed E-state index contributed by atoms with van der Waals surface area (Å²) in [6, 6.07) is 5.81. The minimum atomic E-state index is -0.360. The number of rotatable bonds is 2. The second-order valence-corrected chi connectivity index (χ2v) is 5.49. The highest BCUT2D eigenvalue weighted by Gasteiger charge is 2.25. The van der Waals surface area contributed by atoms with Crippen molar-refractivity contribution in [2.75, 3.05) is 18.6 Å². The summed E-state index contributed by atoms with van der Waals surface area (Å²) in [6.45, 7) is 2.35. The predicted molar refractivity (Wildman–Crippen MR) is 83.8 cm³/mol. The van der Waals surface area contributed by atoms with Crippen molar-refractivity contribution >= 4 is 11.6 Å². The molecule has 2 aromatic rings. The fraction of sp³-hybridized carbons (Fsp3) is 0.375. The van der Waals surface area contributed by atoms with Gasteiger partial charge in [0, 0.05) is 18.3 Å². The molecule has 0 fully saturated rings. The van der Waals surface area contributed by atoms with Gasteiger partial charge in [-0.05, 0) is 37.8 Å². The first-order chi connectivity index (χ1) is 10.6. The predicted octanol–water partition coefficient (Wildman–Crippen LogP) is 2.00. The summed E-state index contributed by atoms with van der Waals surface area (Å²) < 4.78 is 5.28. The Labute approximate surface area is 128 Å². The van der Waals surface area contributed by atoms with E-state index in [-0.39, 0.29) is 11.6 Å². The molecule has 0 saturated carbocycles. The summed E-state index contributed by atoms with van der Waals surface area (Å²) in [7, 11) is 1.61. The van der Waals surface area contributed by atoms with Crippen LogP contribution < -0.4 is 15.3 Å². The Morgan fingerprint density at radius 2 is 2.09 bits per heavy atom. The van der Waals surface area contributed by atoms with Crippen LogP contribution in [0.25, 0.3) is 0 Å². The van der Waals surface area contributed by atoms with Crippen molar-refractivity contribution in [1.82, 2.24) is 9.97 Å². The average molecular weight is 301 g/mol. The fourth-order valence-electron chi connectivity index (χ4n) is 2.87. The molecule has 0 radical (unpaired) electrons. The molecule has 116 valence electrons. The van der Waals surface area contributed by atoms with Gasteiger partial charge in [-0.2, -0.15) is 0 Å². The molecule has 2 N–H and O–H groups in total. The van der Waals surface area contributed by atoms with Gasteiger partial charge in [0.05, 0.1) is 12.8 Å². The lowest BCUT2D eigenvalue weighted by molar-refractivity contribution is 0.0982. The molecule has 22 heavy (non-hydrogen) atoms. The number of imidazole rings is 1. The first kappa shape index (κ1) is 14.4. The zero-order valence-corrected chi connectivity index (χ0v) is 12.7. The Balaban J connectivity index is 2.05. The molecule has 1 aromatic carbocycles. The number of carbonyl (C=O) groups is 1. The number of ether oxygens (including phenoxy) is 1. The Bertz CT molecular complexity index is 760. The number of nitrogens with zero attached hydrogens (tertiary/aromatic N) is 1. The number of amides is 1. The van der Waals surface area contributed by atoms with E-state index in [0.29, 0.717) is 17.9 Å². The molecule has 6 nitrogen and oxygen atoms in total. The van der Waals surface area contributed by atoms with Gasteiger partial charge in [-0.15, -0.1) is 0 Å². The lowest BCUT2D eigenvalue weighted by Crippen LogP contribution is -2.32. The summed E-state index contributed by atoms with van der Waals surface area (Å²) in [5.41, 5.74) is 2.51. The first-order valence-corrected chi connectivity index (χ1v) is 7.38. The molecule has 6 heteroatoms. The third-order valence-corrected chi connectivity index (χ3v) is 4.03. The first-order valence-electron chi connectivity index (χ1n) is 7.38. The van der Waals surface area contributed by atoms with E-state index in [1.54, 1.807) is 18.9 Å². The number of benzene rings is 1. The van der Waals surface area contributed by atoms with Crippen LogP contribution in [0.2, 0.25) is 0 Å². The molecule has 0 saturated heterocycles. The molecule has 3 rings (SSSR count). The number of hydrogen-bond donors (Lipinski definition) is 2. The average Bonchev–Trinajstić information content (AvgIpc) is 2.73. The van der Waals surface area contributed by atoms with Gasteiger partial charge >= 0.3 is 5.69 Å². The van der Waals surface area contributed by atoms with Crippen LogP contribution in [0.15, 0.2) is 23.0 Å². The normalized spacial score (nSPS) is 14.4. The molecule has 0 unspecified atom stereocenters. The number of H-pyrrole nitrogens is 2. The third-order valence-electron chi connectivity index (χ3n) is 4.03. The van der Waals surface area contributed by atoms with Crippen molar-refractivity contribution in [2.45, 2.75) is 26.2 Å². The van der Waals surface area contributed by atoms with Crippen molar-refractivity contribution < 1.29 is 9.53 Å². The molecule has 0 bridgehead atoms. The van der Waals surface area contributed by atoms with Gasteiger partial charge in [-0.3, -0.25) is 4.79 Å². The number of nitrogens with one attached hydrogen (secondary N) is 2. The van der Waals surface area contributed by atoms with Crippen LogP contribution in [0.4, 0.5) is 5.69 Å². The van der Waals surface area contributed by atoms with Crippen molar-refractivity contribution in [3.63, 3.8) is 0 Å². The number of aromatic nitrogens is 2. The van der Waals surface area contributed by atoms with E-state index in [4.69, 9.17) is 4.74 Å². The van der Waals surface area contributed by atoms with E-state index in [1.165, 1.54) is 0 Å². The van der Waals surface area contributed by atoms with Gasteiger partial charge in [-0.1, -0.05) is 6.07 Å². The van der Waals surface area contributed by atoms with Gasteiger partial charge < -0.3 is 19.6 Å². The molecule has 1 aromatic heterocycles. The van der Waals surface area contributed by atoms with Crippen molar-refractivity contribution in [3.8, 4) is 5.75 Å². The zero-order valence-electron chi connectivity index (χ0n) is 12.7. The molecule has 1 aliphatic rings. The largest absolute Gasteiger partial charge is 0.497 e. The van der Waals surface area contributed by atoms with Crippen molar-refractivity contribution in [2.24, 2.45) is 0 Å². The van der Waals surface area contributed by atoms with Crippen LogP contribution in [0.5, 0.6) is 5.75 Å². The number of anilines is 1. The van der Waals surface area contributed by atoms with Crippen LogP contribution >= 0.6 is 0 Å². The van der Waals surface area contributed by atoms with Crippen LogP contribution in [0.3, 0.4) is 0 Å². The molecular weight excluding hydrogens is 282 g/mol. The van der Waals surface area contributed by atoms with Crippen molar-refractivity contribution in [3.05, 3.63) is 45.6 Å². The molecular formula is C16H19N3O3. The standard InChI is InChI=1S/C16H19N3O3/c1-10-14(18-16(21)17-10)15(20)19-8-4-3-5-11-6-7-12(22-2)9-13(11)19/h6-7,9H,3-5,8H2,1-2H3,(H2,17,18,21). The highest BCUT2D eigenvalue weighted by atomic mass is 16.5. The maximum atomic E-state index is 12.8. The van der Waals surface area contributed by atoms with Crippen molar-refractivity contribution in [1.29, 1.82) is 0 Å². The summed E-state index contributed by atoms with van der Waals surface area (Å²) in [4.78, 5) is 31.2. The minimum Gasteiger partial charge on any atom is -0.497 e. The maximum absolute atomic E-state index is 12.8. The quantitative estimate of drug-likeness (QED) is 0.890. The highest BCUT2D eigenvalue weighted by Crippen LogP contribution is 2.31. The highest BCUT2D eigenvalue weighted by molar-refractivity contribution is 6.06. The van der Waals surface area contributed by atoms with E-state index in [9.17, 15) is 9.59 Å². The Morgan fingerprint density at radius 1 is 1.27 bits per heavy atom. The van der Waals surface area contributed by atoms with E-state index < -0.39 is 0 Å². The number of fused-ring (bicyclic) bond motifs is 1. The monoisotopic (exact) mass is 301 g/mol. The van der Waals surface area contributed by atoms with Crippen LogP contribution in [0, 0.1) is 6.92 Å². The lowest BCUT2D eigenvalue weighted by Gasteiger charge is -2.23. The van der Waals surface area contributed by atoms with Gasteiger partial charge in [0.15, 0.2) is 0 Å².